The molecular weight excluding hydrogens is 383 g/mol. The molecule has 2 amide bonds. The van der Waals surface area contributed by atoms with Crippen molar-refractivity contribution < 1.29 is 13.9 Å². The standard InChI is InChI=1S/C23H27FN4O2/c24-19-7-5-17(6-8-19)22(28-11-13-30-14-12-28)16-27-23(29)25-10-9-18-15-26-21-4-2-1-3-20(18)21/h1-8,15,22,26H,9-14,16H2,(H2,25,27,29). The SMILES string of the molecule is O=C(NCCc1c[nH]c2ccccc12)NCC(c1ccc(F)cc1)N1CCOCC1. The zero-order valence-electron chi connectivity index (χ0n) is 16.9. The largest absolute Gasteiger partial charge is 0.379 e. The van der Waals surface area contributed by atoms with Crippen molar-refractivity contribution >= 4 is 16.9 Å². The maximum atomic E-state index is 13.3. The van der Waals surface area contributed by atoms with E-state index in [1.54, 1.807) is 12.1 Å². The fourth-order valence-corrected chi connectivity index (χ4v) is 3.93. The number of nitrogens with one attached hydrogen (secondary N) is 3. The van der Waals surface area contributed by atoms with Crippen molar-refractivity contribution in [3.63, 3.8) is 0 Å². The second kappa shape index (κ2) is 9.73. The Balaban J connectivity index is 1.31. The van der Waals surface area contributed by atoms with Gasteiger partial charge >= 0.3 is 6.03 Å². The molecule has 158 valence electrons. The molecule has 0 bridgehead atoms. The number of halogens is 1. The van der Waals surface area contributed by atoms with Crippen molar-refractivity contribution in [3.8, 4) is 0 Å². The Bertz CT molecular complexity index is 967. The molecule has 1 aromatic heterocycles. The Labute approximate surface area is 175 Å². The summed E-state index contributed by atoms with van der Waals surface area (Å²) in [5, 5.41) is 7.10. The molecule has 2 aromatic carbocycles. The van der Waals surface area contributed by atoms with Crippen LogP contribution in [-0.4, -0.2) is 55.3 Å². The second-order valence-corrected chi connectivity index (χ2v) is 7.46. The minimum Gasteiger partial charge on any atom is -0.379 e. The topological polar surface area (TPSA) is 69.4 Å². The van der Waals surface area contributed by atoms with Crippen molar-refractivity contribution in [2.45, 2.75) is 12.5 Å². The first-order valence-corrected chi connectivity index (χ1v) is 10.3. The fourth-order valence-electron chi connectivity index (χ4n) is 3.93. The molecule has 2 heterocycles. The molecule has 7 heteroatoms. The molecule has 0 radical (unpaired) electrons. The van der Waals surface area contributed by atoms with Gasteiger partial charge in [-0.1, -0.05) is 30.3 Å². The molecular formula is C23H27FN4O2. The Morgan fingerprint density at radius 3 is 2.67 bits per heavy atom. The highest BCUT2D eigenvalue weighted by Gasteiger charge is 2.23. The summed E-state index contributed by atoms with van der Waals surface area (Å²) in [5.74, 6) is -0.262. The van der Waals surface area contributed by atoms with Crippen LogP contribution in [0.15, 0.2) is 54.7 Å². The molecule has 3 N–H and O–H groups in total. The molecule has 3 aromatic rings. The summed E-state index contributed by atoms with van der Waals surface area (Å²) in [5.41, 5.74) is 3.27. The van der Waals surface area contributed by atoms with Crippen LogP contribution in [-0.2, 0) is 11.2 Å². The quantitative estimate of drug-likeness (QED) is 0.560. The van der Waals surface area contributed by atoms with Gasteiger partial charge in [-0.25, -0.2) is 9.18 Å². The molecule has 1 saturated heterocycles. The number of H-pyrrole nitrogens is 1. The summed E-state index contributed by atoms with van der Waals surface area (Å²) in [6, 6.07) is 14.4. The number of ether oxygens (including phenoxy) is 1. The van der Waals surface area contributed by atoms with E-state index >= 15 is 0 Å². The number of carbonyl (C=O) groups is 1. The summed E-state index contributed by atoms with van der Waals surface area (Å²) >= 11 is 0. The van der Waals surface area contributed by atoms with Crippen molar-refractivity contribution in [2.75, 3.05) is 39.4 Å². The van der Waals surface area contributed by atoms with Gasteiger partial charge in [-0.2, -0.15) is 0 Å². The molecule has 1 unspecified atom stereocenters. The van der Waals surface area contributed by atoms with Crippen molar-refractivity contribution in [2.24, 2.45) is 0 Å². The van der Waals surface area contributed by atoms with Crippen molar-refractivity contribution in [3.05, 3.63) is 71.7 Å². The predicted octanol–water partition coefficient (Wildman–Crippen LogP) is 3.22. The average Bonchev–Trinajstić information content (AvgIpc) is 3.19. The van der Waals surface area contributed by atoms with Crippen LogP contribution in [0.1, 0.15) is 17.2 Å². The number of rotatable bonds is 7. The van der Waals surface area contributed by atoms with Gasteiger partial charge in [0.05, 0.1) is 19.3 Å². The number of benzene rings is 2. The van der Waals surface area contributed by atoms with Crippen LogP contribution in [0.3, 0.4) is 0 Å². The number of aromatic amines is 1. The van der Waals surface area contributed by atoms with E-state index in [0.717, 1.165) is 30.6 Å². The highest BCUT2D eigenvalue weighted by atomic mass is 19.1. The van der Waals surface area contributed by atoms with E-state index in [-0.39, 0.29) is 17.9 Å². The normalized spacial score (nSPS) is 15.8. The fraction of sp³-hybridized carbons (Fsp3) is 0.348. The molecule has 4 rings (SSSR count). The Kier molecular flexibility index (Phi) is 6.61. The minimum atomic E-state index is -0.262. The van der Waals surface area contributed by atoms with Gasteiger partial charge in [0.2, 0.25) is 0 Å². The molecule has 0 aliphatic carbocycles. The summed E-state index contributed by atoms with van der Waals surface area (Å²) in [6.07, 6.45) is 2.75. The smallest absolute Gasteiger partial charge is 0.314 e. The lowest BCUT2D eigenvalue weighted by Gasteiger charge is -2.35. The van der Waals surface area contributed by atoms with E-state index in [1.165, 1.54) is 23.1 Å². The number of nitrogens with zero attached hydrogens (tertiary/aromatic N) is 1. The van der Waals surface area contributed by atoms with Crippen LogP contribution in [0.5, 0.6) is 0 Å². The molecule has 1 fully saturated rings. The number of para-hydroxylation sites is 1. The second-order valence-electron chi connectivity index (χ2n) is 7.46. The third-order valence-corrected chi connectivity index (χ3v) is 5.55. The van der Waals surface area contributed by atoms with Crippen molar-refractivity contribution in [1.82, 2.24) is 20.5 Å². The zero-order chi connectivity index (χ0) is 20.8. The summed E-state index contributed by atoms with van der Waals surface area (Å²) in [7, 11) is 0. The van der Waals surface area contributed by atoms with Crippen LogP contribution in [0.4, 0.5) is 9.18 Å². The minimum absolute atomic E-state index is 0.0196. The number of urea groups is 1. The molecule has 1 aliphatic heterocycles. The van der Waals surface area contributed by atoms with Crippen molar-refractivity contribution in [1.29, 1.82) is 0 Å². The van der Waals surface area contributed by atoms with E-state index < -0.39 is 0 Å². The number of aromatic nitrogens is 1. The van der Waals surface area contributed by atoms with Gasteiger partial charge in [-0.15, -0.1) is 0 Å². The lowest BCUT2D eigenvalue weighted by molar-refractivity contribution is 0.0167. The highest BCUT2D eigenvalue weighted by molar-refractivity contribution is 5.83. The third kappa shape index (κ3) is 4.98. The number of amides is 2. The van der Waals surface area contributed by atoms with Crippen LogP contribution in [0.25, 0.3) is 10.9 Å². The molecule has 1 aliphatic rings. The zero-order valence-corrected chi connectivity index (χ0v) is 16.9. The van der Waals surface area contributed by atoms with Crippen LogP contribution in [0.2, 0.25) is 0 Å². The lowest BCUT2D eigenvalue weighted by Crippen LogP contribution is -2.46. The highest BCUT2D eigenvalue weighted by Crippen LogP contribution is 2.22. The number of hydrogen-bond acceptors (Lipinski definition) is 3. The first-order valence-electron chi connectivity index (χ1n) is 10.3. The van der Waals surface area contributed by atoms with Gasteiger partial charge in [-0.05, 0) is 35.7 Å². The van der Waals surface area contributed by atoms with E-state index in [4.69, 9.17) is 4.74 Å². The number of fused-ring (bicyclic) bond motifs is 1. The van der Waals surface area contributed by atoms with Crippen LogP contribution in [0, 0.1) is 5.82 Å². The maximum Gasteiger partial charge on any atom is 0.314 e. The molecule has 6 nitrogen and oxygen atoms in total. The number of morpholine rings is 1. The Morgan fingerprint density at radius 1 is 1.10 bits per heavy atom. The molecule has 0 saturated carbocycles. The Hall–Kier alpha value is -2.90. The van der Waals surface area contributed by atoms with Crippen LogP contribution >= 0.6 is 0 Å². The molecule has 30 heavy (non-hydrogen) atoms. The van der Waals surface area contributed by atoms with Gasteiger partial charge in [0, 0.05) is 43.3 Å². The van der Waals surface area contributed by atoms with Crippen LogP contribution < -0.4 is 10.6 Å². The number of carbonyl (C=O) groups excluding carboxylic acids is 1. The van der Waals surface area contributed by atoms with E-state index in [9.17, 15) is 9.18 Å². The van der Waals surface area contributed by atoms with Gasteiger partial charge < -0.3 is 20.4 Å². The van der Waals surface area contributed by atoms with E-state index in [1.807, 2.05) is 24.4 Å². The number of hydrogen-bond donors (Lipinski definition) is 3. The van der Waals surface area contributed by atoms with Gasteiger partial charge in [0.1, 0.15) is 5.82 Å². The van der Waals surface area contributed by atoms with E-state index in [0.29, 0.717) is 26.3 Å². The lowest BCUT2D eigenvalue weighted by atomic mass is 10.0. The summed E-state index contributed by atoms with van der Waals surface area (Å²) in [6.45, 7) is 3.89. The third-order valence-electron chi connectivity index (χ3n) is 5.55. The molecule has 0 spiro atoms. The maximum absolute atomic E-state index is 13.3. The van der Waals surface area contributed by atoms with Gasteiger partial charge in [-0.3, -0.25) is 4.90 Å². The van der Waals surface area contributed by atoms with E-state index in [2.05, 4.69) is 26.6 Å². The Morgan fingerprint density at radius 2 is 1.87 bits per heavy atom. The summed E-state index contributed by atoms with van der Waals surface area (Å²) < 4.78 is 18.8. The average molecular weight is 410 g/mol. The monoisotopic (exact) mass is 410 g/mol. The first-order chi connectivity index (χ1) is 14.7. The van der Waals surface area contributed by atoms with Gasteiger partial charge in [0.15, 0.2) is 0 Å². The summed E-state index contributed by atoms with van der Waals surface area (Å²) in [4.78, 5) is 17.9. The first kappa shape index (κ1) is 20.4. The van der Waals surface area contributed by atoms with Gasteiger partial charge in [0.25, 0.3) is 0 Å². The molecule has 1 atom stereocenters. The predicted molar refractivity (Wildman–Crippen MR) is 115 cm³/mol.